The van der Waals surface area contributed by atoms with Crippen LogP contribution in [0.5, 0.6) is 0 Å². The monoisotopic (exact) mass is 324 g/mol. The average molecular weight is 324 g/mol. The largest absolute Gasteiger partial charge is 0.233 e. The molecule has 0 atom stereocenters. The van der Waals surface area contributed by atoms with Gasteiger partial charge in [-0.25, -0.2) is 4.68 Å². The van der Waals surface area contributed by atoms with Gasteiger partial charge in [0, 0.05) is 29.6 Å². The van der Waals surface area contributed by atoms with Crippen molar-refractivity contribution in [3.05, 3.63) is 90.1 Å². The minimum absolute atomic E-state index is 0.981. The van der Waals surface area contributed by atoms with Gasteiger partial charge < -0.3 is 0 Å². The van der Waals surface area contributed by atoms with Crippen LogP contribution in [0.3, 0.4) is 0 Å². The van der Waals surface area contributed by atoms with Crippen molar-refractivity contribution in [1.29, 1.82) is 0 Å². The Labute approximate surface area is 146 Å². The van der Waals surface area contributed by atoms with Gasteiger partial charge >= 0.3 is 0 Å². The van der Waals surface area contributed by atoms with E-state index < -0.39 is 0 Å². The van der Waals surface area contributed by atoms with E-state index in [1.165, 1.54) is 16.8 Å². The minimum Gasteiger partial charge on any atom is -0.233 e. The lowest BCUT2D eigenvalue weighted by atomic mass is 10.0. The Morgan fingerprint density at radius 1 is 0.840 bits per heavy atom. The standard InChI is InChI=1S/C22H18N3/c1-2-8-18-15-24(14-13-17(18)7-1)21-11-5-6-12-22(21)25-16-19-9-3-4-10-20(19)23-25/h1-12,15-16H,13-14H2/q+1. The quantitative estimate of drug-likeness (QED) is 0.502. The van der Waals surface area contributed by atoms with Crippen molar-refractivity contribution in [2.75, 3.05) is 6.54 Å². The normalized spacial score (nSPS) is 13.5. The summed E-state index contributed by atoms with van der Waals surface area (Å²) in [7, 11) is 0. The number of aromatic nitrogens is 2. The highest BCUT2D eigenvalue weighted by Crippen LogP contribution is 2.26. The van der Waals surface area contributed by atoms with Crippen LogP contribution >= 0.6 is 0 Å². The van der Waals surface area contributed by atoms with Crippen LogP contribution in [0.15, 0.2) is 79.0 Å². The van der Waals surface area contributed by atoms with Gasteiger partial charge in [-0.05, 0) is 23.8 Å². The van der Waals surface area contributed by atoms with Gasteiger partial charge in [-0.3, -0.25) is 0 Å². The average Bonchev–Trinajstić information content (AvgIpc) is 3.12. The summed E-state index contributed by atoms with van der Waals surface area (Å²) in [6.07, 6.45) is 5.41. The van der Waals surface area contributed by atoms with E-state index >= 15 is 0 Å². The fraction of sp³-hybridized carbons (Fsp3) is 0.0909. The molecule has 0 aliphatic carbocycles. The number of nitrogens with zero attached hydrogens (tertiary/aromatic N) is 3. The van der Waals surface area contributed by atoms with Crippen molar-refractivity contribution in [1.82, 2.24) is 9.78 Å². The summed E-state index contributed by atoms with van der Waals surface area (Å²) in [6.45, 7) is 0.981. The number of fused-ring (bicyclic) bond motifs is 2. The first-order valence-electron chi connectivity index (χ1n) is 8.62. The molecule has 0 N–H and O–H groups in total. The molecule has 2 heterocycles. The van der Waals surface area contributed by atoms with Crippen LogP contribution in [0.1, 0.15) is 11.1 Å². The third-order valence-corrected chi connectivity index (χ3v) is 4.82. The number of hydrogen-bond donors (Lipinski definition) is 0. The lowest BCUT2D eigenvalue weighted by Gasteiger charge is -2.13. The van der Waals surface area contributed by atoms with E-state index in [0.29, 0.717) is 0 Å². The maximum absolute atomic E-state index is 4.76. The molecule has 4 aromatic rings. The molecule has 25 heavy (non-hydrogen) atoms. The van der Waals surface area contributed by atoms with E-state index in [2.05, 4.69) is 83.7 Å². The van der Waals surface area contributed by atoms with E-state index in [4.69, 9.17) is 5.10 Å². The van der Waals surface area contributed by atoms with Crippen LogP contribution in [0.25, 0.3) is 16.6 Å². The van der Waals surface area contributed by atoms with Gasteiger partial charge in [0.05, 0.1) is 5.52 Å². The summed E-state index contributed by atoms with van der Waals surface area (Å²) >= 11 is 0. The Bertz CT molecular complexity index is 1070. The molecule has 5 rings (SSSR count). The highest BCUT2D eigenvalue weighted by atomic mass is 15.3. The lowest BCUT2D eigenvalue weighted by Crippen LogP contribution is -2.19. The first-order valence-corrected chi connectivity index (χ1v) is 8.62. The van der Waals surface area contributed by atoms with E-state index in [0.717, 1.165) is 29.6 Å². The van der Waals surface area contributed by atoms with Crippen LogP contribution in [0, 0.1) is 0 Å². The van der Waals surface area contributed by atoms with Gasteiger partial charge in [-0.15, -0.1) is 0 Å². The number of benzene rings is 3. The third-order valence-electron chi connectivity index (χ3n) is 4.82. The molecular weight excluding hydrogens is 306 g/mol. The second-order valence-electron chi connectivity index (χ2n) is 6.39. The van der Waals surface area contributed by atoms with Crippen molar-refractivity contribution in [3.8, 4) is 5.69 Å². The molecule has 3 heteroatoms. The summed E-state index contributed by atoms with van der Waals surface area (Å²) in [4.78, 5) is 0. The Hall–Kier alpha value is -3.20. The number of rotatable bonds is 2. The molecule has 0 spiro atoms. The first-order chi connectivity index (χ1) is 12.4. The maximum Gasteiger partial charge on any atom is 0.231 e. The SMILES string of the molecule is C1=[N+](c2ccccc2-n2cc3ccccc3n2)CCc2ccccc21. The molecule has 1 aliphatic rings. The molecule has 0 amide bonds. The van der Waals surface area contributed by atoms with E-state index in [-0.39, 0.29) is 0 Å². The Morgan fingerprint density at radius 3 is 2.60 bits per heavy atom. The summed E-state index contributed by atoms with van der Waals surface area (Å²) < 4.78 is 4.33. The number of para-hydroxylation sites is 2. The van der Waals surface area contributed by atoms with Crippen molar-refractivity contribution in [2.45, 2.75) is 6.42 Å². The highest BCUT2D eigenvalue weighted by Gasteiger charge is 2.21. The topological polar surface area (TPSA) is 20.8 Å². The predicted octanol–water partition coefficient (Wildman–Crippen LogP) is 4.34. The molecule has 0 unspecified atom stereocenters. The molecule has 3 nitrogen and oxygen atoms in total. The zero-order chi connectivity index (χ0) is 16.6. The van der Waals surface area contributed by atoms with Crippen LogP contribution in [-0.4, -0.2) is 27.1 Å². The molecule has 0 saturated heterocycles. The molecule has 3 aromatic carbocycles. The van der Waals surface area contributed by atoms with Crippen LogP contribution in [0.4, 0.5) is 5.69 Å². The molecular formula is C22H18N3+. The Kier molecular flexibility index (Phi) is 3.23. The Morgan fingerprint density at radius 2 is 1.64 bits per heavy atom. The van der Waals surface area contributed by atoms with Gasteiger partial charge in [0.15, 0.2) is 12.8 Å². The van der Waals surface area contributed by atoms with Gasteiger partial charge in [0.25, 0.3) is 0 Å². The first kappa shape index (κ1) is 14.2. The summed E-state index contributed by atoms with van der Waals surface area (Å²) in [5.74, 6) is 0. The smallest absolute Gasteiger partial charge is 0.231 e. The fourth-order valence-electron chi connectivity index (χ4n) is 3.54. The van der Waals surface area contributed by atoms with Crippen LogP contribution in [-0.2, 0) is 6.42 Å². The number of hydrogen-bond acceptors (Lipinski definition) is 1. The molecule has 0 radical (unpaired) electrons. The van der Waals surface area contributed by atoms with Crippen molar-refractivity contribution in [2.24, 2.45) is 0 Å². The molecule has 120 valence electrons. The molecule has 1 aromatic heterocycles. The molecule has 0 fully saturated rings. The van der Waals surface area contributed by atoms with Crippen molar-refractivity contribution < 1.29 is 4.58 Å². The van der Waals surface area contributed by atoms with Gasteiger partial charge in [0.2, 0.25) is 5.69 Å². The summed E-state index contributed by atoms with van der Waals surface area (Å²) in [6, 6.07) is 25.3. The van der Waals surface area contributed by atoms with Gasteiger partial charge in [0.1, 0.15) is 5.69 Å². The van der Waals surface area contributed by atoms with E-state index in [9.17, 15) is 0 Å². The molecule has 0 saturated carbocycles. The summed E-state index contributed by atoms with van der Waals surface area (Å²) in [5, 5.41) is 5.92. The van der Waals surface area contributed by atoms with Gasteiger partial charge in [-0.1, -0.05) is 48.5 Å². The summed E-state index contributed by atoms with van der Waals surface area (Å²) in [5.41, 5.74) is 6.03. The van der Waals surface area contributed by atoms with Crippen LogP contribution < -0.4 is 0 Å². The molecule has 0 bridgehead atoms. The van der Waals surface area contributed by atoms with Gasteiger partial charge in [-0.2, -0.15) is 9.67 Å². The lowest BCUT2D eigenvalue weighted by molar-refractivity contribution is -0.436. The van der Waals surface area contributed by atoms with Crippen molar-refractivity contribution in [3.63, 3.8) is 0 Å². The van der Waals surface area contributed by atoms with Crippen molar-refractivity contribution >= 4 is 22.8 Å². The van der Waals surface area contributed by atoms with E-state index in [1.54, 1.807) is 0 Å². The zero-order valence-corrected chi connectivity index (χ0v) is 13.8. The second-order valence-corrected chi connectivity index (χ2v) is 6.39. The van der Waals surface area contributed by atoms with E-state index in [1.807, 2.05) is 10.7 Å². The molecule has 1 aliphatic heterocycles. The fourth-order valence-corrected chi connectivity index (χ4v) is 3.54. The minimum atomic E-state index is 0.981. The second kappa shape index (κ2) is 5.71. The zero-order valence-electron chi connectivity index (χ0n) is 13.8. The Balaban J connectivity index is 1.65. The third kappa shape index (κ3) is 2.45. The maximum atomic E-state index is 4.76. The highest BCUT2D eigenvalue weighted by molar-refractivity contribution is 5.81. The predicted molar refractivity (Wildman–Crippen MR) is 101 cm³/mol. The van der Waals surface area contributed by atoms with Crippen LogP contribution in [0.2, 0.25) is 0 Å².